The van der Waals surface area contributed by atoms with Crippen molar-refractivity contribution in [3.8, 4) is 0 Å². The molecule has 0 fully saturated rings. The summed E-state index contributed by atoms with van der Waals surface area (Å²) in [6, 6.07) is 4.52. The van der Waals surface area contributed by atoms with Gasteiger partial charge in [-0.25, -0.2) is 4.39 Å². The Balaban J connectivity index is 0.00000106. The van der Waals surface area contributed by atoms with Crippen LogP contribution < -0.4 is 0 Å². The summed E-state index contributed by atoms with van der Waals surface area (Å²) in [4.78, 5) is 0. The Morgan fingerprint density at radius 3 is 2.19 bits per heavy atom. The molecule has 0 radical (unpaired) electrons. The van der Waals surface area contributed by atoms with Crippen molar-refractivity contribution in [2.24, 2.45) is 0 Å². The average Bonchev–Trinajstić information content (AvgIpc) is 2.23. The predicted octanol–water partition coefficient (Wildman–Crippen LogP) is 4.38. The third-order valence-corrected chi connectivity index (χ3v) is 2.79. The van der Waals surface area contributed by atoms with Crippen LogP contribution in [0.25, 0.3) is 0 Å². The molecule has 1 aromatic rings. The molecule has 0 heterocycles. The van der Waals surface area contributed by atoms with Crippen molar-refractivity contribution in [2.75, 3.05) is 0 Å². The van der Waals surface area contributed by atoms with E-state index >= 15 is 0 Å². The third-order valence-electron chi connectivity index (χ3n) is 2.50. The SMILES string of the molecule is CC.C[C@@H](c1ccc(F)c(Cl)c1)C(C)(C)O. The van der Waals surface area contributed by atoms with Crippen molar-refractivity contribution in [3.05, 3.63) is 34.6 Å². The van der Waals surface area contributed by atoms with E-state index in [1.54, 1.807) is 26.0 Å². The zero-order valence-electron chi connectivity index (χ0n) is 10.5. The summed E-state index contributed by atoms with van der Waals surface area (Å²) >= 11 is 5.65. The highest BCUT2D eigenvalue weighted by molar-refractivity contribution is 6.30. The second kappa shape index (κ2) is 6.21. The molecular weight excluding hydrogens is 227 g/mol. The number of hydrogen-bond acceptors (Lipinski definition) is 1. The van der Waals surface area contributed by atoms with Crippen LogP contribution in [-0.4, -0.2) is 10.7 Å². The Labute approximate surface area is 102 Å². The quantitative estimate of drug-likeness (QED) is 0.821. The van der Waals surface area contributed by atoms with E-state index in [0.29, 0.717) is 0 Å². The van der Waals surface area contributed by atoms with Gasteiger partial charge in [-0.3, -0.25) is 0 Å². The van der Waals surface area contributed by atoms with Gasteiger partial charge in [0.25, 0.3) is 0 Å². The highest BCUT2D eigenvalue weighted by Crippen LogP contribution is 2.29. The minimum atomic E-state index is -0.832. The number of hydrogen-bond donors (Lipinski definition) is 1. The topological polar surface area (TPSA) is 20.2 Å². The van der Waals surface area contributed by atoms with Gasteiger partial charge in [-0.1, -0.05) is 38.4 Å². The molecule has 0 saturated heterocycles. The van der Waals surface area contributed by atoms with Crippen LogP contribution >= 0.6 is 11.6 Å². The fraction of sp³-hybridized carbons (Fsp3) is 0.538. The lowest BCUT2D eigenvalue weighted by molar-refractivity contribution is 0.0558. The van der Waals surface area contributed by atoms with Gasteiger partial charge in [0.1, 0.15) is 5.82 Å². The first-order chi connectivity index (χ1) is 7.32. The Morgan fingerprint density at radius 2 is 1.81 bits per heavy atom. The maximum absolute atomic E-state index is 12.9. The molecule has 1 rings (SSSR count). The van der Waals surface area contributed by atoms with Gasteiger partial charge in [0.05, 0.1) is 10.6 Å². The minimum absolute atomic E-state index is 0.0828. The molecule has 0 spiro atoms. The van der Waals surface area contributed by atoms with E-state index in [9.17, 15) is 9.50 Å². The van der Waals surface area contributed by atoms with Gasteiger partial charge in [-0.15, -0.1) is 0 Å². The lowest BCUT2D eigenvalue weighted by Gasteiger charge is -2.26. The first-order valence-corrected chi connectivity index (χ1v) is 5.87. The van der Waals surface area contributed by atoms with E-state index in [0.717, 1.165) is 5.56 Å². The molecule has 1 aromatic carbocycles. The van der Waals surface area contributed by atoms with Crippen molar-refractivity contribution in [1.82, 2.24) is 0 Å². The van der Waals surface area contributed by atoms with Gasteiger partial charge in [0.15, 0.2) is 0 Å². The van der Waals surface area contributed by atoms with E-state index in [1.165, 1.54) is 6.07 Å². The van der Waals surface area contributed by atoms with Gasteiger partial charge in [0, 0.05) is 5.92 Å². The fourth-order valence-electron chi connectivity index (χ4n) is 1.19. The van der Waals surface area contributed by atoms with Crippen LogP contribution in [0.2, 0.25) is 5.02 Å². The molecule has 1 atom stereocenters. The summed E-state index contributed by atoms with van der Waals surface area (Å²) in [5, 5.41) is 9.86. The predicted molar refractivity (Wildman–Crippen MR) is 67.5 cm³/mol. The van der Waals surface area contributed by atoms with Crippen LogP contribution in [0, 0.1) is 5.82 Å². The largest absolute Gasteiger partial charge is 0.390 e. The first-order valence-electron chi connectivity index (χ1n) is 5.49. The Bertz CT molecular complexity index is 331. The highest BCUT2D eigenvalue weighted by Gasteiger charge is 2.24. The van der Waals surface area contributed by atoms with Crippen LogP contribution in [0.1, 0.15) is 46.1 Å². The van der Waals surface area contributed by atoms with Crippen LogP contribution in [0.4, 0.5) is 4.39 Å². The van der Waals surface area contributed by atoms with Crippen molar-refractivity contribution in [1.29, 1.82) is 0 Å². The molecule has 92 valence electrons. The summed E-state index contributed by atoms with van der Waals surface area (Å²) in [5.74, 6) is -0.515. The van der Waals surface area contributed by atoms with Crippen LogP contribution in [-0.2, 0) is 0 Å². The molecule has 0 aliphatic carbocycles. The van der Waals surface area contributed by atoms with Gasteiger partial charge in [-0.2, -0.15) is 0 Å². The molecule has 0 aliphatic heterocycles. The van der Waals surface area contributed by atoms with Crippen molar-refractivity contribution in [2.45, 2.75) is 46.1 Å². The summed E-state index contributed by atoms with van der Waals surface area (Å²) < 4.78 is 12.9. The zero-order chi connectivity index (χ0) is 12.9. The normalized spacial score (nSPS) is 12.8. The van der Waals surface area contributed by atoms with Gasteiger partial charge < -0.3 is 5.11 Å². The molecular formula is C13H20ClFO. The van der Waals surface area contributed by atoms with Crippen LogP contribution in [0.5, 0.6) is 0 Å². The van der Waals surface area contributed by atoms with Crippen molar-refractivity contribution in [3.63, 3.8) is 0 Å². The molecule has 0 amide bonds. The van der Waals surface area contributed by atoms with Crippen molar-refractivity contribution < 1.29 is 9.50 Å². The van der Waals surface area contributed by atoms with Crippen LogP contribution in [0.3, 0.4) is 0 Å². The molecule has 1 N–H and O–H groups in total. The first kappa shape index (κ1) is 15.4. The second-order valence-corrected chi connectivity index (χ2v) is 4.46. The number of rotatable bonds is 2. The fourth-order valence-corrected chi connectivity index (χ4v) is 1.38. The Hall–Kier alpha value is -0.600. The number of aliphatic hydroxyl groups is 1. The summed E-state index contributed by atoms with van der Waals surface area (Å²) in [7, 11) is 0. The number of halogens is 2. The maximum atomic E-state index is 12.9. The lowest BCUT2D eigenvalue weighted by Crippen LogP contribution is -2.26. The molecule has 0 bridgehead atoms. The zero-order valence-corrected chi connectivity index (χ0v) is 11.3. The standard InChI is InChI=1S/C11H14ClFO.C2H6/c1-7(11(2,3)14)8-4-5-10(13)9(12)6-8;1-2/h4-7,14H,1-3H3;1-2H3/t7-;/m0./s1. The maximum Gasteiger partial charge on any atom is 0.141 e. The van der Waals surface area contributed by atoms with Gasteiger partial charge in [0.2, 0.25) is 0 Å². The lowest BCUT2D eigenvalue weighted by atomic mass is 9.86. The highest BCUT2D eigenvalue weighted by atomic mass is 35.5. The van der Waals surface area contributed by atoms with E-state index in [2.05, 4.69) is 0 Å². The van der Waals surface area contributed by atoms with Crippen LogP contribution in [0.15, 0.2) is 18.2 Å². The smallest absolute Gasteiger partial charge is 0.141 e. The van der Waals surface area contributed by atoms with E-state index in [-0.39, 0.29) is 10.9 Å². The Morgan fingerprint density at radius 1 is 1.31 bits per heavy atom. The molecule has 0 saturated carbocycles. The average molecular weight is 247 g/mol. The summed E-state index contributed by atoms with van der Waals surface area (Å²) in [5.41, 5.74) is 0.00476. The van der Waals surface area contributed by atoms with Gasteiger partial charge in [-0.05, 0) is 31.5 Å². The molecule has 0 aromatic heterocycles. The second-order valence-electron chi connectivity index (χ2n) is 4.05. The summed E-state index contributed by atoms with van der Waals surface area (Å²) in [6.07, 6.45) is 0. The molecule has 3 heteroatoms. The Kier molecular flexibility index (Phi) is 5.98. The molecule has 0 unspecified atom stereocenters. The minimum Gasteiger partial charge on any atom is -0.390 e. The van der Waals surface area contributed by atoms with E-state index in [1.807, 2.05) is 20.8 Å². The monoisotopic (exact) mass is 246 g/mol. The summed E-state index contributed by atoms with van der Waals surface area (Å²) in [6.45, 7) is 9.31. The molecule has 16 heavy (non-hydrogen) atoms. The van der Waals surface area contributed by atoms with E-state index < -0.39 is 11.4 Å². The van der Waals surface area contributed by atoms with Gasteiger partial charge >= 0.3 is 0 Å². The third kappa shape index (κ3) is 4.11. The van der Waals surface area contributed by atoms with E-state index in [4.69, 9.17) is 11.6 Å². The number of benzene rings is 1. The molecule has 1 nitrogen and oxygen atoms in total. The molecule has 0 aliphatic rings. The van der Waals surface area contributed by atoms with Crippen molar-refractivity contribution >= 4 is 11.6 Å².